The van der Waals surface area contributed by atoms with Crippen molar-refractivity contribution in [2.24, 2.45) is 0 Å². The molecule has 2 amide bonds. The fraction of sp³-hybridized carbons (Fsp3) is 0.393. The van der Waals surface area contributed by atoms with E-state index in [1.54, 1.807) is 0 Å². The van der Waals surface area contributed by atoms with Crippen molar-refractivity contribution in [3.05, 3.63) is 66.5 Å². The fourth-order valence-electron chi connectivity index (χ4n) is 5.78. The minimum Gasteiger partial charge on any atom is -0.324 e. The van der Waals surface area contributed by atoms with Gasteiger partial charge in [0, 0.05) is 36.6 Å². The van der Waals surface area contributed by atoms with Gasteiger partial charge in [-0.3, -0.25) is 9.58 Å². The minimum atomic E-state index is 0.0747. The quantitative estimate of drug-likeness (QED) is 0.464. The number of carbonyl (C=O) groups is 1. The number of anilines is 1. The number of piperidine rings is 2. The summed E-state index contributed by atoms with van der Waals surface area (Å²) < 4.78 is 2.15. The van der Waals surface area contributed by atoms with Crippen LogP contribution in [0.4, 0.5) is 10.6 Å². The highest BCUT2D eigenvalue weighted by Gasteiger charge is 2.34. The van der Waals surface area contributed by atoms with Gasteiger partial charge in [-0.25, -0.2) is 9.78 Å². The lowest BCUT2D eigenvalue weighted by Crippen LogP contribution is -2.55. The predicted molar refractivity (Wildman–Crippen MR) is 140 cm³/mol. The molecule has 0 saturated carbocycles. The van der Waals surface area contributed by atoms with Crippen LogP contribution in [0.3, 0.4) is 0 Å². The number of carbonyl (C=O) groups excluding carboxylic acids is 1. The van der Waals surface area contributed by atoms with Gasteiger partial charge in [0.15, 0.2) is 0 Å². The van der Waals surface area contributed by atoms with Gasteiger partial charge in [0.25, 0.3) is 0 Å². The molecule has 7 heteroatoms. The predicted octanol–water partition coefficient (Wildman–Crippen LogP) is 4.91. The van der Waals surface area contributed by atoms with Crippen molar-refractivity contribution in [2.75, 3.05) is 31.1 Å². The summed E-state index contributed by atoms with van der Waals surface area (Å²) in [7, 11) is 0. The first-order valence-corrected chi connectivity index (χ1v) is 12.8. The molecule has 35 heavy (non-hydrogen) atoms. The van der Waals surface area contributed by atoms with E-state index in [0.29, 0.717) is 6.04 Å². The van der Waals surface area contributed by atoms with Gasteiger partial charge in [0.1, 0.15) is 5.82 Å². The van der Waals surface area contributed by atoms with Crippen molar-refractivity contribution in [3.63, 3.8) is 0 Å². The van der Waals surface area contributed by atoms with Gasteiger partial charge in [-0.15, -0.1) is 0 Å². The number of amides is 2. The smallest absolute Gasteiger partial charge is 0.324 e. The number of aryl methyl sites for hydroxylation is 1. The molecular formula is C28H32N6O. The third kappa shape index (κ3) is 4.04. The van der Waals surface area contributed by atoms with Crippen LogP contribution in [0.5, 0.6) is 0 Å². The molecule has 1 N–H and O–H groups in total. The largest absolute Gasteiger partial charge is 0.325 e. The second kappa shape index (κ2) is 9.30. The topological polar surface area (TPSA) is 66.3 Å². The molecular weight excluding hydrogens is 436 g/mol. The van der Waals surface area contributed by atoms with E-state index in [1.165, 1.54) is 10.9 Å². The molecule has 180 valence electrons. The van der Waals surface area contributed by atoms with Crippen molar-refractivity contribution in [3.8, 4) is 0 Å². The summed E-state index contributed by atoms with van der Waals surface area (Å²) in [5.74, 6) is 0.791. The molecule has 6 rings (SSSR count). The first-order valence-electron chi connectivity index (χ1n) is 12.8. The molecule has 4 aromatic rings. The number of para-hydroxylation sites is 1. The Morgan fingerprint density at radius 1 is 1.03 bits per heavy atom. The Balaban J connectivity index is 1.29. The Hall–Kier alpha value is -3.45. The van der Waals surface area contributed by atoms with Crippen molar-refractivity contribution in [1.82, 2.24) is 25.0 Å². The minimum absolute atomic E-state index is 0.0747. The Morgan fingerprint density at radius 2 is 1.86 bits per heavy atom. The number of benzene rings is 2. The number of pyridine rings is 1. The number of urea groups is 1. The monoisotopic (exact) mass is 468 g/mol. The van der Waals surface area contributed by atoms with Crippen LogP contribution in [0.1, 0.15) is 37.3 Å². The number of fused-ring (bicyclic) bond motifs is 2. The fourth-order valence-corrected chi connectivity index (χ4v) is 5.78. The molecule has 0 unspecified atom stereocenters. The van der Waals surface area contributed by atoms with Gasteiger partial charge >= 0.3 is 6.03 Å². The number of nitrogens with one attached hydrogen (secondary N) is 1. The third-order valence-electron chi connectivity index (χ3n) is 7.64. The van der Waals surface area contributed by atoms with Gasteiger partial charge in [0.2, 0.25) is 0 Å². The van der Waals surface area contributed by atoms with E-state index in [0.717, 1.165) is 74.0 Å². The normalized spacial score (nSPS) is 19.3. The van der Waals surface area contributed by atoms with Crippen LogP contribution in [0, 0.1) is 6.92 Å². The van der Waals surface area contributed by atoms with Crippen molar-refractivity contribution >= 4 is 33.5 Å². The molecule has 1 atom stereocenters. The average Bonchev–Trinajstić information content (AvgIpc) is 3.34. The summed E-state index contributed by atoms with van der Waals surface area (Å²) in [6, 6.07) is 17.1. The molecule has 4 heterocycles. The highest BCUT2D eigenvalue weighted by Crippen LogP contribution is 2.33. The maximum absolute atomic E-state index is 14.1. The first-order chi connectivity index (χ1) is 17.2. The molecule has 0 spiro atoms. The highest BCUT2D eigenvalue weighted by molar-refractivity contribution is 6.03. The average molecular weight is 469 g/mol. The summed E-state index contributed by atoms with van der Waals surface area (Å²) in [6.45, 7) is 5.35. The van der Waals surface area contributed by atoms with E-state index < -0.39 is 0 Å². The Kier molecular flexibility index (Phi) is 5.86. The zero-order valence-corrected chi connectivity index (χ0v) is 20.2. The Bertz CT molecular complexity index is 1340. The van der Waals surface area contributed by atoms with E-state index in [2.05, 4.69) is 58.4 Å². The lowest BCUT2D eigenvalue weighted by Gasteiger charge is -2.40. The molecule has 2 aliphatic heterocycles. The van der Waals surface area contributed by atoms with Crippen LogP contribution in [-0.2, 0) is 0 Å². The third-order valence-corrected chi connectivity index (χ3v) is 7.64. The van der Waals surface area contributed by atoms with E-state index in [9.17, 15) is 4.79 Å². The van der Waals surface area contributed by atoms with Crippen molar-refractivity contribution < 1.29 is 4.79 Å². The Labute approximate surface area is 205 Å². The second-order valence-corrected chi connectivity index (χ2v) is 9.83. The summed E-state index contributed by atoms with van der Waals surface area (Å²) >= 11 is 0. The number of hydrogen-bond acceptors (Lipinski definition) is 4. The van der Waals surface area contributed by atoms with Gasteiger partial charge in [-0.1, -0.05) is 36.4 Å². The summed E-state index contributed by atoms with van der Waals surface area (Å²) in [6.07, 6.45) is 7.62. The van der Waals surface area contributed by atoms with Crippen LogP contribution >= 0.6 is 0 Å². The Morgan fingerprint density at radius 3 is 2.69 bits per heavy atom. The molecule has 2 aliphatic rings. The molecule has 2 aromatic carbocycles. The molecule has 2 fully saturated rings. The molecule has 0 bridgehead atoms. The van der Waals surface area contributed by atoms with Gasteiger partial charge in [-0.05, 0) is 62.2 Å². The number of hydrogen-bond donors (Lipinski definition) is 1. The van der Waals surface area contributed by atoms with Crippen LogP contribution in [0.2, 0.25) is 0 Å². The first kappa shape index (κ1) is 22.0. The van der Waals surface area contributed by atoms with Crippen LogP contribution in [0.15, 0.2) is 60.9 Å². The van der Waals surface area contributed by atoms with Crippen molar-refractivity contribution in [2.45, 2.75) is 44.7 Å². The molecule has 2 saturated heterocycles. The number of aromatic nitrogens is 3. The number of likely N-dealkylation sites (tertiary alicyclic amines) is 1. The molecule has 0 aliphatic carbocycles. The van der Waals surface area contributed by atoms with Crippen LogP contribution in [0.25, 0.3) is 21.7 Å². The van der Waals surface area contributed by atoms with E-state index in [1.807, 2.05) is 34.3 Å². The zero-order chi connectivity index (χ0) is 23.8. The van der Waals surface area contributed by atoms with E-state index >= 15 is 0 Å². The lowest BCUT2D eigenvalue weighted by atomic mass is 10.0. The summed E-state index contributed by atoms with van der Waals surface area (Å²) in [4.78, 5) is 22.9. The summed E-state index contributed by atoms with van der Waals surface area (Å²) in [5, 5.41) is 11.5. The van der Waals surface area contributed by atoms with Gasteiger partial charge < -0.3 is 10.2 Å². The maximum Gasteiger partial charge on any atom is 0.325 e. The van der Waals surface area contributed by atoms with Crippen LogP contribution < -0.4 is 10.2 Å². The summed E-state index contributed by atoms with van der Waals surface area (Å²) in [5.41, 5.74) is 2.32. The highest BCUT2D eigenvalue weighted by atomic mass is 16.2. The number of nitrogens with zero attached hydrogens (tertiary/aromatic N) is 5. The van der Waals surface area contributed by atoms with E-state index in [4.69, 9.17) is 4.98 Å². The lowest BCUT2D eigenvalue weighted by molar-refractivity contribution is 0.172. The van der Waals surface area contributed by atoms with Crippen molar-refractivity contribution in [1.29, 1.82) is 0 Å². The van der Waals surface area contributed by atoms with E-state index in [-0.39, 0.29) is 12.1 Å². The number of rotatable bonds is 3. The second-order valence-electron chi connectivity index (χ2n) is 9.83. The zero-order valence-electron chi connectivity index (χ0n) is 20.2. The SMILES string of the molecule is Cc1cccc2ccnc(N(C(=O)N3CCC(n4ncc5ccccc54)CC3)[C@@H]3CCCNC3)c12. The van der Waals surface area contributed by atoms with Crippen LogP contribution in [-0.4, -0.2) is 57.9 Å². The molecule has 2 aromatic heterocycles. The maximum atomic E-state index is 14.1. The van der Waals surface area contributed by atoms with Gasteiger partial charge in [-0.2, -0.15) is 5.10 Å². The molecule has 7 nitrogen and oxygen atoms in total. The van der Waals surface area contributed by atoms with Gasteiger partial charge in [0.05, 0.1) is 23.8 Å². The molecule has 0 radical (unpaired) electrons. The standard InChI is InChI=1S/C28H32N6O/c1-20-6-4-8-21-11-15-30-27(26(20)21)33(24-9-5-14-29-19-24)28(35)32-16-12-23(13-17-32)34-25-10-3-2-7-22(25)18-31-34/h2-4,6-8,10-11,15,18,23-24,29H,5,9,12-14,16-17,19H2,1H3/t24-/m1/s1.